The van der Waals surface area contributed by atoms with Gasteiger partial charge in [-0.1, -0.05) is 42.8 Å². The number of benzene rings is 2. The highest BCUT2D eigenvalue weighted by Crippen LogP contribution is 2.27. The topological polar surface area (TPSA) is 12.0 Å². The van der Waals surface area contributed by atoms with Crippen molar-refractivity contribution in [1.82, 2.24) is 5.32 Å². The molecule has 1 aliphatic rings. The molecule has 1 nitrogen and oxygen atoms in total. The lowest BCUT2D eigenvalue weighted by Crippen LogP contribution is -2.34. The lowest BCUT2D eigenvalue weighted by molar-refractivity contribution is 0.341. The summed E-state index contributed by atoms with van der Waals surface area (Å²) in [4.78, 5) is 0. The molecule has 1 saturated heterocycles. The van der Waals surface area contributed by atoms with E-state index in [1.807, 2.05) is 0 Å². The first-order chi connectivity index (χ1) is 8.33. The number of fused-ring (bicyclic) bond motifs is 1. The van der Waals surface area contributed by atoms with Crippen molar-refractivity contribution < 1.29 is 0 Å². The fourth-order valence-corrected chi connectivity index (χ4v) is 2.83. The average molecular weight is 225 g/mol. The van der Waals surface area contributed by atoms with Crippen molar-refractivity contribution >= 4 is 10.8 Å². The molecule has 17 heavy (non-hydrogen) atoms. The normalized spacial score (nSPS) is 25.0. The van der Waals surface area contributed by atoms with Crippen LogP contribution in [0.1, 0.15) is 37.8 Å². The van der Waals surface area contributed by atoms with Gasteiger partial charge in [0.1, 0.15) is 0 Å². The van der Waals surface area contributed by atoms with Crippen molar-refractivity contribution in [2.75, 3.05) is 0 Å². The summed E-state index contributed by atoms with van der Waals surface area (Å²) in [6.45, 7) is 2.28. The maximum absolute atomic E-state index is 3.70. The molecular formula is C16H19N. The van der Waals surface area contributed by atoms with Gasteiger partial charge < -0.3 is 5.32 Å². The molecule has 88 valence electrons. The highest BCUT2D eigenvalue weighted by atomic mass is 15.0. The molecule has 0 bridgehead atoms. The minimum Gasteiger partial charge on any atom is -0.307 e. The van der Waals surface area contributed by atoms with Crippen molar-refractivity contribution in [2.24, 2.45) is 0 Å². The van der Waals surface area contributed by atoms with Crippen molar-refractivity contribution in [3.05, 3.63) is 48.0 Å². The Kier molecular flexibility index (Phi) is 2.86. The van der Waals surface area contributed by atoms with Crippen LogP contribution in [0.5, 0.6) is 0 Å². The second-order valence-electron chi connectivity index (χ2n) is 5.16. The van der Waals surface area contributed by atoms with Gasteiger partial charge in [-0.15, -0.1) is 0 Å². The first-order valence-electron chi connectivity index (χ1n) is 6.58. The molecule has 1 heterocycles. The van der Waals surface area contributed by atoms with Gasteiger partial charge in [-0.2, -0.15) is 0 Å². The van der Waals surface area contributed by atoms with Gasteiger partial charge in [0.05, 0.1) is 0 Å². The van der Waals surface area contributed by atoms with Crippen LogP contribution in [0.25, 0.3) is 10.8 Å². The number of nitrogens with one attached hydrogen (secondary N) is 1. The van der Waals surface area contributed by atoms with Gasteiger partial charge in [-0.3, -0.25) is 0 Å². The summed E-state index contributed by atoms with van der Waals surface area (Å²) in [6.07, 6.45) is 3.92. The van der Waals surface area contributed by atoms with Crippen molar-refractivity contribution in [1.29, 1.82) is 0 Å². The standard InChI is InChI=1S/C16H19N/c1-12-5-4-8-16(17-12)15-10-9-13-6-2-3-7-14(13)11-15/h2-3,6-7,9-12,16-17H,4-5,8H2,1H3/t12-,16-/m0/s1. The van der Waals surface area contributed by atoms with Gasteiger partial charge in [0, 0.05) is 12.1 Å². The maximum Gasteiger partial charge on any atom is 0.0322 e. The van der Waals surface area contributed by atoms with Gasteiger partial charge in [0.25, 0.3) is 0 Å². The summed E-state index contributed by atoms with van der Waals surface area (Å²) >= 11 is 0. The fraction of sp³-hybridized carbons (Fsp3) is 0.375. The molecule has 0 radical (unpaired) electrons. The zero-order chi connectivity index (χ0) is 11.7. The van der Waals surface area contributed by atoms with Gasteiger partial charge in [-0.05, 0) is 42.2 Å². The predicted molar refractivity (Wildman–Crippen MR) is 73.1 cm³/mol. The molecule has 0 spiro atoms. The smallest absolute Gasteiger partial charge is 0.0322 e. The summed E-state index contributed by atoms with van der Waals surface area (Å²) in [5, 5.41) is 6.38. The minimum atomic E-state index is 0.545. The molecule has 0 amide bonds. The molecule has 2 atom stereocenters. The van der Waals surface area contributed by atoms with E-state index in [0.29, 0.717) is 12.1 Å². The average Bonchev–Trinajstić information content (AvgIpc) is 2.38. The van der Waals surface area contributed by atoms with E-state index in [-0.39, 0.29) is 0 Å². The first-order valence-corrected chi connectivity index (χ1v) is 6.58. The van der Waals surface area contributed by atoms with Crippen LogP contribution in [0.3, 0.4) is 0 Å². The second-order valence-corrected chi connectivity index (χ2v) is 5.16. The van der Waals surface area contributed by atoms with E-state index in [0.717, 1.165) is 0 Å². The molecule has 3 rings (SSSR count). The second kappa shape index (κ2) is 4.50. The zero-order valence-electron chi connectivity index (χ0n) is 10.3. The Labute approximate surface area is 103 Å². The van der Waals surface area contributed by atoms with Gasteiger partial charge in [0.2, 0.25) is 0 Å². The molecule has 1 aliphatic heterocycles. The summed E-state index contributed by atoms with van der Waals surface area (Å²) in [6, 6.07) is 16.6. The SMILES string of the molecule is C[C@H]1CCC[C@@H](c2ccc3ccccc3c2)N1. The van der Waals surface area contributed by atoms with E-state index in [1.54, 1.807) is 0 Å². The lowest BCUT2D eigenvalue weighted by Gasteiger charge is -2.29. The summed E-state index contributed by atoms with van der Waals surface area (Å²) in [5.74, 6) is 0. The van der Waals surface area contributed by atoms with E-state index in [1.165, 1.54) is 35.6 Å². The highest BCUT2D eigenvalue weighted by Gasteiger charge is 2.19. The van der Waals surface area contributed by atoms with Crippen LogP contribution in [0.4, 0.5) is 0 Å². The number of hydrogen-bond donors (Lipinski definition) is 1. The van der Waals surface area contributed by atoms with E-state index in [4.69, 9.17) is 0 Å². The molecule has 1 N–H and O–H groups in total. The Balaban J connectivity index is 1.94. The first kappa shape index (κ1) is 10.8. The third kappa shape index (κ3) is 2.20. The quantitative estimate of drug-likeness (QED) is 0.772. The number of rotatable bonds is 1. The molecule has 0 aliphatic carbocycles. The molecule has 1 heteroatoms. The van der Waals surface area contributed by atoms with Crippen molar-refractivity contribution in [3.63, 3.8) is 0 Å². The van der Waals surface area contributed by atoms with Crippen molar-refractivity contribution in [3.8, 4) is 0 Å². The minimum absolute atomic E-state index is 0.545. The third-order valence-electron chi connectivity index (χ3n) is 3.79. The van der Waals surface area contributed by atoms with Crippen molar-refractivity contribution in [2.45, 2.75) is 38.3 Å². The van der Waals surface area contributed by atoms with E-state index < -0.39 is 0 Å². The van der Waals surface area contributed by atoms with Gasteiger partial charge in [-0.25, -0.2) is 0 Å². The number of hydrogen-bond acceptors (Lipinski definition) is 1. The number of piperidine rings is 1. The largest absolute Gasteiger partial charge is 0.307 e. The maximum atomic E-state index is 3.70. The summed E-state index contributed by atoms with van der Waals surface area (Å²) in [7, 11) is 0. The third-order valence-corrected chi connectivity index (χ3v) is 3.79. The Morgan fingerprint density at radius 3 is 2.65 bits per heavy atom. The highest BCUT2D eigenvalue weighted by molar-refractivity contribution is 5.83. The summed E-state index contributed by atoms with van der Waals surface area (Å²) in [5.41, 5.74) is 1.44. The molecule has 1 fully saturated rings. The predicted octanol–water partition coefficient (Wildman–Crippen LogP) is 4.04. The van der Waals surface area contributed by atoms with Crippen LogP contribution in [0.15, 0.2) is 42.5 Å². The van der Waals surface area contributed by atoms with Gasteiger partial charge in [0.15, 0.2) is 0 Å². The van der Waals surface area contributed by atoms with Crippen LogP contribution in [-0.2, 0) is 0 Å². The molecule has 2 aromatic rings. The van der Waals surface area contributed by atoms with Gasteiger partial charge >= 0.3 is 0 Å². The fourth-order valence-electron chi connectivity index (χ4n) is 2.83. The Morgan fingerprint density at radius 2 is 1.82 bits per heavy atom. The monoisotopic (exact) mass is 225 g/mol. The summed E-state index contributed by atoms with van der Waals surface area (Å²) < 4.78 is 0. The molecule has 2 aromatic carbocycles. The molecular weight excluding hydrogens is 206 g/mol. The van der Waals surface area contributed by atoms with E-state index in [2.05, 4.69) is 54.7 Å². The van der Waals surface area contributed by atoms with Crippen LogP contribution in [-0.4, -0.2) is 6.04 Å². The molecule has 0 saturated carbocycles. The lowest BCUT2D eigenvalue weighted by atomic mass is 9.93. The molecule has 0 aromatic heterocycles. The Hall–Kier alpha value is -1.34. The Morgan fingerprint density at radius 1 is 1.00 bits per heavy atom. The van der Waals surface area contributed by atoms with Crippen LogP contribution < -0.4 is 5.32 Å². The van der Waals surface area contributed by atoms with E-state index in [9.17, 15) is 0 Å². The van der Waals surface area contributed by atoms with E-state index >= 15 is 0 Å². The Bertz CT molecular complexity index is 518. The van der Waals surface area contributed by atoms with Crippen LogP contribution in [0.2, 0.25) is 0 Å². The van der Waals surface area contributed by atoms with Crippen LogP contribution >= 0.6 is 0 Å². The molecule has 0 unspecified atom stereocenters. The zero-order valence-corrected chi connectivity index (χ0v) is 10.3. The van der Waals surface area contributed by atoms with Crippen LogP contribution in [0, 0.1) is 0 Å².